The molecule has 130 valence electrons. The van der Waals surface area contributed by atoms with Gasteiger partial charge < -0.3 is 15.1 Å². The number of carbonyl (C=O) groups is 2. The maximum atomic E-state index is 12.7. The predicted molar refractivity (Wildman–Crippen MR) is 94.9 cm³/mol. The lowest BCUT2D eigenvalue weighted by Crippen LogP contribution is -2.57. The number of aryl methyl sites for hydroxylation is 2. The number of likely N-dealkylation sites (tertiary alicyclic amines) is 2. The van der Waals surface area contributed by atoms with Crippen LogP contribution in [0.25, 0.3) is 0 Å². The molecule has 0 unspecified atom stereocenters. The van der Waals surface area contributed by atoms with Crippen LogP contribution in [0.1, 0.15) is 30.4 Å². The Hall–Kier alpha value is -1.88. The van der Waals surface area contributed by atoms with E-state index in [1.807, 2.05) is 36.9 Å². The van der Waals surface area contributed by atoms with Gasteiger partial charge in [0.1, 0.15) is 0 Å². The van der Waals surface area contributed by atoms with Gasteiger partial charge in [-0.25, -0.2) is 0 Å². The highest BCUT2D eigenvalue weighted by atomic mass is 16.2. The Morgan fingerprint density at radius 3 is 2.75 bits per heavy atom. The van der Waals surface area contributed by atoms with Gasteiger partial charge in [-0.05, 0) is 69.8 Å². The zero-order chi connectivity index (χ0) is 17.3. The number of amides is 2. The molecule has 24 heavy (non-hydrogen) atoms. The fourth-order valence-corrected chi connectivity index (χ4v) is 4.01. The van der Waals surface area contributed by atoms with Gasteiger partial charge in [0.15, 0.2) is 0 Å². The largest absolute Gasteiger partial charge is 0.331 e. The monoisotopic (exact) mass is 329 g/mol. The van der Waals surface area contributed by atoms with Gasteiger partial charge >= 0.3 is 11.8 Å². The molecule has 5 heteroatoms. The number of nitrogens with one attached hydrogen (secondary N) is 1. The highest BCUT2D eigenvalue weighted by Crippen LogP contribution is 2.30. The molecule has 0 radical (unpaired) electrons. The average Bonchev–Trinajstić information content (AvgIpc) is 2.56. The van der Waals surface area contributed by atoms with Crippen molar-refractivity contribution in [2.24, 2.45) is 5.92 Å². The van der Waals surface area contributed by atoms with E-state index in [4.69, 9.17) is 0 Å². The molecule has 3 rings (SSSR count). The summed E-state index contributed by atoms with van der Waals surface area (Å²) in [6, 6.07) is 6.09. The molecule has 0 aliphatic carbocycles. The molecule has 2 saturated heterocycles. The zero-order valence-electron chi connectivity index (χ0n) is 14.8. The first-order valence-electron chi connectivity index (χ1n) is 8.83. The number of fused-ring (bicyclic) bond motifs is 1. The second-order valence-electron chi connectivity index (χ2n) is 7.29. The van der Waals surface area contributed by atoms with E-state index in [9.17, 15) is 9.59 Å². The second kappa shape index (κ2) is 6.93. The van der Waals surface area contributed by atoms with E-state index in [1.165, 1.54) is 0 Å². The molecule has 2 amide bonds. The molecular weight excluding hydrogens is 302 g/mol. The van der Waals surface area contributed by atoms with Crippen molar-refractivity contribution < 1.29 is 9.59 Å². The fraction of sp³-hybridized carbons (Fsp3) is 0.579. The number of hydrogen-bond donors (Lipinski definition) is 1. The summed E-state index contributed by atoms with van der Waals surface area (Å²) in [5, 5.41) is 2.81. The van der Waals surface area contributed by atoms with Gasteiger partial charge in [-0.3, -0.25) is 9.59 Å². The van der Waals surface area contributed by atoms with Gasteiger partial charge in [-0.1, -0.05) is 12.1 Å². The van der Waals surface area contributed by atoms with Crippen molar-refractivity contribution in [1.82, 2.24) is 9.80 Å². The molecule has 2 fully saturated rings. The lowest BCUT2D eigenvalue weighted by molar-refractivity contribution is -0.148. The minimum Gasteiger partial charge on any atom is -0.331 e. The summed E-state index contributed by atoms with van der Waals surface area (Å²) in [4.78, 5) is 29.4. The Bertz CT molecular complexity index is 643. The Balaban J connectivity index is 1.71. The molecule has 1 N–H and O–H groups in total. The Kier molecular flexibility index (Phi) is 4.90. The summed E-state index contributed by atoms with van der Waals surface area (Å²) in [5.41, 5.74) is 2.76. The van der Waals surface area contributed by atoms with Gasteiger partial charge in [-0.2, -0.15) is 0 Å². The molecule has 0 saturated carbocycles. The van der Waals surface area contributed by atoms with E-state index in [0.29, 0.717) is 12.5 Å². The molecule has 1 aromatic carbocycles. The van der Waals surface area contributed by atoms with Gasteiger partial charge in [0.05, 0.1) is 0 Å². The van der Waals surface area contributed by atoms with E-state index in [1.54, 1.807) is 0 Å². The molecule has 0 bridgehead atoms. The van der Waals surface area contributed by atoms with Crippen molar-refractivity contribution in [3.05, 3.63) is 29.3 Å². The van der Waals surface area contributed by atoms with E-state index < -0.39 is 5.91 Å². The summed E-state index contributed by atoms with van der Waals surface area (Å²) < 4.78 is 0. The molecule has 2 aliphatic rings. The molecule has 5 nitrogen and oxygen atoms in total. The van der Waals surface area contributed by atoms with Crippen molar-refractivity contribution in [1.29, 1.82) is 0 Å². The first kappa shape index (κ1) is 17.0. The molecule has 2 aliphatic heterocycles. The van der Waals surface area contributed by atoms with E-state index in [0.717, 1.165) is 49.2 Å². The first-order valence-corrected chi connectivity index (χ1v) is 8.83. The lowest BCUT2D eigenvalue weighted by Gasteiger charge is -2.46. The van der Waals surface area contributed by atoms with Crippen LogP contribution in [0.3, 0.4) is 0 Å². The fourth-order valence-electron chi connectivity index (χ4n) is 4.01. The third kappa shape index (κ3) is 3.46. The molecule has 2 heterocycles. The molecule has 0 aromatic heterocycles. The van der Waals surface area contributed by atoms with Crippen LogP contribution in [-0.2, 0) is 9.59 Å². The SMILES string of the molecule is Cc1ccc(C)c(NC(=O)C(=O)N2CCC[C@@H]3CN(C)CC[C@H]32)c1. The molecular formula is C19H27N3O2. The van der Waals surface area contributed by atoms with Crippen LogP contribution in [0, 0.1) is 19.8 Å². The van der Waals surface area contributed by atoms with Gasteiger partial charge in [0.25, 0.3) is 0 Å². The molecule has 0 spiro atoms. The minimum absolute atomic E-state index is 0.215. The number of hydrogen-bond acceptors (Lipinski definition) is 3. The normalized spacial score (nSPS) is 24.4. The third-order valence-electron chi connectivity index (χ3n) is 5.37. The lowest BCUT2D eigenvalue weighted by atomic mass is 9.84. The van der Waals surface area contributed by atoms with Gasteiger partial charge in [0, 0.05) is 24.8 Å². The van der Waals surface area contributed by atoms with Crippen LogP contribution in [0.2, 0.25) is 0 Å². The second-order valence-corrected chi connectivity index (χ2v) is 7.29. The number of benzene rings is 1. The highest BCUT2D eigenvalue weighted by Gasteiger charge is 2.39. The topological polar surface area (TPSA) is 52.7 Å². The average molecular weight is 329 g/mol. The first-order chi connectivity index (χ1) is 11.5. The summed E-state index contributed by atoms with van der Waals surface area (Å²) >= 11 is 0. The predicted octanol–water partition coefficient (Wildman–Crippen LogP) is 2.18. The van der Waals surface area contributed by atoms with Crippen molar-refractivity contribution in [3.8, 4) is 0 Å². The number of carbonyl (C=O) groups excluding carboxylic acids is 2. The number of anilines is 1. The van der Waals surface area contributed by atoms with Gasteiger partial charge in [-0.15, -0.1) is 0 Å². The van der Waals surface area contributed by atoms with E-state index in [2.05, 4.69) is 17.3 Å². The maximum Gasteiger partial charge on any atom is 0.313 e. The number of nitrogens with zero attached hydrogens (tertiary/aromatic N) is 2. The van der Waals surface area contributed by atoms with Crippen LogP contribution >= 0.6 is 0 Å². The van der Waals surface area contributed by atoms with Gasteiger partial charge in [0.2, 0.25) is 0 Å². The van der Waals surface area contributed by atoms with Crippen molar-refractivity contribution in [2.45, 2.75) is 39.2 Å². The van der Waals surface area contributed by atoms with E-state index >= 15 is 0 Å². The smallest absolute Gasteiger partial charge is 0.313 e. The summed E-state index contributed by atoms with van der Waals surface area (Å²) in [5.74, 6) is -0.395. The van der Waals surface area contributed by atoms with Crippen molar-refractivity contribution in [3.63, 3.8) is 0 Å². The zero-order valence-corrected chi connectivity index (χ0v) is 14.8. The quantitative estimate of drug-likeness (QED) is 0.804. The summed E-state index contributed by atoms with van der Waals surface area (Å²) in [6.07, 6.45) is 3.10. The third-order valence-corrected chi connectivity index (χ3v) is 5.37. The minimum atomic E-state index is -0.511. The van der Waals surface area contributed by atoms with Crippen LogP contribution < -0.4 is 5.32 Å². The standard InChI is InChI=1S/C19H27N3O2/c1-13-6-7-14(2)16(11-13)20-18(23)19(24)22-9-4-5-15-12-21(3)10-8-17(15)22/h6-7,11,15,17H,4-5,8-10,12H2,1-3H3,(H,20,23)/t15-,17-/m1/s1. The van der Waals surface area contributed by atoms with Crippen LogP contribution in [0.15, 0.2) is 18.2 Å². The summed E-state index contributed by atoms with van der Waals surface area (Å²) in [7, 11) is 2.13. The Labute approximate surface area is 144 Å². The summed E-state index contributed by atoms with van der Waals surface area (Å²) in [6.45, 7) is 6.62. The van der Waals surface area contributed by atoms with Crippen molar-refractivity contribution in [2.75, 3.05) is 32.0 Å². The number of piperidine rings is 2. The van der Waals surface area contributed by atoms with Crippen molar-refractivity contribution >= 4 is 17.5 Å². The van der Waals surface area contributed by atoms with Crippen LogP contribution in [0.5, 0.6) is 0 Å². The molecule has 2 atom stereocenters. The van der Waals surface area contributed by atoms with Crippen LogP contribution in [0.4, 0.5) is 5.69 Å². The number of rotatable bonds is 1. The maximum absolute atomic E-state index is 12.7. The molecule has 1 aromatic rings. The Morgan fingerprint density at radius 2 is 1.96 bits per heavy atom. The highest BCUT2D eigenvalue weighted by molar-refractivity contribution is 6.39. The van der Waals surface area contributed by atoms with Crippen LogP contribution in [-0.4, -0.2) is 54.3 Å². The Morgan fingerprint density at radius 1 is 1.17 bits per heavy atom. The van der Waals surface area contributed by atoms with E-state index in [-0.39, 0.29) is 11.9 Å².